The summed E-state index contributed by atoms with van der Waals surface area (Å²) in [5, 5.41) is 7.58. The van der Waals surface area contributed by atoms with Crippen LogP contribution in [0.15, 0.2) is 48.5 Å². The number of rotatable bonds is 6. The lowest BCUT2D eigenvalue weighted by Crippen LogP contribution is -2.06. The second-order valence-corrected chi connectivity index (χ2v) is 6.51. The van der Waals surface area contributed by atoms with Gasteiger partial charge in [0.2, 0.25) is 5.95 Å². The molecule has 0 saturated heterocycles. The van der Waals surface area contributed by atoms with E-state index < -0.39 is 0 Å². The molecule has 0 aliphatic heterocycles. The van der Waals surface area contributed by atoms with E-state index >= 15 is 0 Å². The Labute approximate surface area is 162 Å². The highest BCUT2D eigenvalue weighted by Gasteiger charge is 2.06. The summed E-state index contributed by atoms with van der Waals surface area (Å²) in [5.74, 6) is 1.99. The zero-order valence-electron chi connectivity index (χ0n) is 14.4. The number of ether oxygens (including phenoxy) is 1. The quantitative estimate of drug-likeness (QED) is 0.587. The van der Waals surface area contributed by atoms with Gasteiger partial charge < -0.3 is 15.4 Å². The number of hydrogen-bond donors (Lipinski definition) is 2. The molecule has 1 heterocycles. The molecule has 0 atom stereocenters. The second kappa shape index (κ2) is 8.25. The first-order chi connectivity index (χ1) is 12.5. The molecule has 0 aliphatic rings. The Kier molecular flexibility index (Phi) is 5.81. The van der Waals surface area contributed by atoms with Gasteiger partial charge in [0.25, 0.3) is 0 Å². The van der Waals surface area contributed by atoms with Gasteiger partial charge in [-0.2, -0.15) is 4.98 Å². The Morgan fingerprint density at radius 2 is 1.77 bits per heavy atom. The molecule has 1 aromatic heterocycles. The molecule has 5 nitrogen and oxygen atoms in total. The Bertz CT molecular complexity index is 901. The molecule has 2 aromatic carbocycles. The molecule has 3 aromatic rings. The van der Waals surface area contributed by atoms with Crippen LogP contribution in [0.2, 0.25) is 10.0 Å². The van der Waals surface area contributed by atoms with Gasteiger partial charge in [0.1, 0.15) is 11.6 Å². The van der Waals surface area contributed by atoms with Crippen LogP contribution in [0, 0.1) is 6.92 Å². The third-order valence-electron chi connectivity index (χ3n) is 3.66. The molecule has 134 valence electrons. The Morgan fingerprint density at radius 3 is 2.50 bits per heavy atom. The minimum atomic E-state index is 0.529. The monoisotopic (exact) mass is 388 g/mol. The molecule has 0 radical (unpaired) electrons. The molecule has 2 N–H and O–H groups in total. The average molecular weight is 389 g/mol. The molecule has 0 fully saturated rings. The molecular weight excluding hydrogens is 371 g/mol. The van der Waals surface area contributed by atoms with Gasteiger partial charge in [-0.25, -0.2) is 4.98 Å². The molecule has 3 rings (SSSR count). The van der Waals surface area contributed by atoms with Crippen LogP contribution in [0.5, 0.6) is 5.75 Å². The summed E-state index contributed by atoms with van der Waals surface area (Å²) in [7, 11) is 1.65. The molecule has 0 unspecified atom stereocenters. The summed E-state index contributed by atoms with van der Waals surface area (Å²) in [5.41, 5.74) is 2.62. The number of benzene rings is 2. The van der Waals surface area contributed by atoms with Gasteiger partial charge >= 0.3 is 0 Å². The maximum absolute atomic E-state index is 6.20. The Balaban J connectivity index is 1.73. The minimum absolute atomic E-state index is 0.529. The van der Waals surface area contributed by atoms with Crippen molar-refractivity contribution in [3.63, 3.8) is 0 Å². The molecular formula is C19H18Cl2N4O. The molecule has 0 amide bonds. The van der Waals surface area contributed by atoms with Gasteiger partial charge in [0.15, 0.2) is 0 Å². The number of nitrogens with one attached hydrogen (secondary N) is 2. The van der Waals surface area contributed by atoms with Crippen molar-refractivity contribution in [1.29, 1.82) is 0 Å². The Morgan fingerprint density at radius 1 is 1.00 bits per heavy atom. The normalized spacial score (nSPS) is 10.5. The number of anilines is 3. The van der Waals surface area contributed by atoms with E-state index in [1.54, 1.807) is 25.3 Å². The lowest BCUT2D eigenvalue weighted by atomic mass is 10.2. The van der Waals surface area contributed by atoms with E-state index in [4.69, 9.17) is 27.9 Å². The van der Waals surface area contributed by atoms with E-state index in [-0.39, 0.29) is 0 Å². The van der Waals surface area contributed by atoms with E-state index in [1.165, 1.54) is 0 Å². The number of aryl methyl sites for hydroxylation is 1. The molecule has 0 bridgehead atoms. The minimum Gasteiger partial charge on any atom is -0.497 e. The van der Waals surface area contributed by atoms with Crippen molar-refractivity contribution >= 4 is 40.7 Å². The lowest BCUT2D eigenvalue weighted by molar-refractivity contribution is 0.414. The zero-order valence-corrected chi connectivity index (χ0v) is 15.9. The first-order valence-corrected chi connectivity index (χ1v) is 8.73. The number of hydrogen-bond acceptors (Lipinski definition) is 5. The van der Waals surface area contributed by atoms with Crippen LogP contribution in [-0.4, -0.2) is 17.1 Å². The molecule has 0 aliphatic carbocycles. The second-order valence-electron chi connectivity index (χ2n) is 5.67. The van der Waals surface area contributed by atoms with E-state index in [1.807, 2.05) is 37.3 Å². The van der Waals surface area contributed by atoms with Gasteiger partial charge in [0, 0.05) is 23.3 Å². The van der Waals surface area contributed by atoms with Crippen molar-refractivity contribution in [3.8, 4) is 5.75 Å². The zero-order chi connectivity index (χ0) is 18.5. The standard InChI is InChI=1S/C19H18Cl2N4O/c1-12-9-18(24-17-10-14(20)5-8-16(17)21)25-19(23-12)22-11-13-3-6-15(26-2)7-4-13/h3-10H,11H2,1-2H3,(H2,22,23,24,25). The van der Waals surface area contributed by atoms with Gasteiger partial charge in [-0.15, -0.1) is 0 Å². The number of aromatic nitrogens is 2. The number of halogens is 2. The molecule has 0 saturated carbocycles. The van der Waals surface area contributed by atoms with Gasteiger partial charge in [-0.3, -0.25) is 0 Å². The summed E-state index contributed by atoms with van der Waals surface area (Å²) < 4.78 is 5.16. The van der Waals surface area contributed by atoms with Crippen molar-refractivity contribution < 1.29 is 4.74 Å². The van der Waals surface area contributed by atoms with Crippen LogP contribution in [0.3, 0.4) is 0 Å². The topological polar surface area (TPSA) is 59.1 Å². The fourth-order valence-electron chi connectivity index (χ4n) is 2.37. The van der Waals surface area contributed by atoms with E-state index in [9.17, 15) is 0 Å². The predicted octanol–water partition coefficient (Wildman–Crippen LogP) is 5.46. The maximum Gasteiger partial charge on any atom is 0.225 e. The van der Waals surface area contributed by atoms with Crippen molar-refractivity contribution in [1.82, 2.24) is 9.97 Å². The van der Waals surface area contributed by atoms with Crippen molar-refractivity contribution in [2.75, 3.05) is 17.7 Å². The van der Waals surface area contributed by atoms with Gasteiger partial charge in [-0.05, 0) is 42.8 Å². The first-order valence-electron chi connectivity index (χ1n) is 7.98. The fourth-order valence-corrected chi connectivity index (χ4v) is 2.70. The highest BCUT2D eigenvalue weighted by atomic mass is 35.5. The van der Waals surface area contributed by atoms with Gasteiger partial charge in [-0.1, -0.05) is 35.3 Å². The van der Waals surface area contributed by atoms with Crippen molar-refractivity contribution in [2.24, 2.45) is 0 Å². The summed E-state index contributed by atoms with van der Waals surface area (Å²) in [6.45, 7) is 2.51. The third-order valence-corrected chi connectivity index (χ3v) is 4.22. The Hall–Kier alpha value is -2.50. The summed E-state index contributed by atoms with van der Waals surface area (Å²) in [6.07, 6.45) is 0. The van der Waals surface area contributed by atoms with Crippen LogP contribution >= 0.6 is 23.2 Å². The SMILES string of the molecule is COc1ccc(CNc2nc(C)cc(Nc3cc(Cl)ccc3Cl)n2)cc1. The molecule has 7 heteroatoms. The van der Waals surface area contributed by atoms with E-state index in [2.05, 4.69) is 20.6 Å². The smallest absolute Gasteiger partial charge is 0.225 e. The predicted molar refractivity (Wildman–Crippen MR) is 107 cm³/mol. The van der Waals surface area contributed by atoms with E-state index in [0.29, 0.717) is 34.0 Å². The largest absolute Gasteiger partial charge is 0.497 e. The summed E-state index contributed by atoms with van der Waals surface area (Å²) >= 11 is 12.2. The third kappa shape index (κ3) is 4.77. The summed E-state index contributed by atoms with van der Waals surface area (Å²) in [4.78, 5) is 8.91. The highest BCUT2D eigenvalue weighted by molar-refractivity contribution is 6.35. The lowest BCUT2D eigenvalue weighted by Gasteiger charge is -2.11. The van der Waals surface area contributed by atoms with Crippen molar-refractivity contribution in [3.05, 3.63) is 69.8 Å². The highest BCUT2D eigenvalue weighted by Crippen LogP contribution is 2.28. The summed E-state index contributed by atoms with van der Waals surface area (Å²) in [6, 6.07) is 14.9. The van der Waals surface area contributed by atoms with Crippen LogP contribution in [0.25, 0.3) is 0 Å². The number of methoxy groups -OCH3 is 1. The van der Waals surface area contributed by atoms with Gasteiger partial charge in [0.05, 0.1) is 17.8 Å². The van der Waals surface area contributed by atoms with E-state index in [0.717, 1.165) is 17.0 Å². The van der Waals surface area contributed by atoms with Crippen LogP contribution < -0.4 is 15.4 Å². The van der Waals surface area contributed by atoms with Crippen LogP contribution in [0.4, 0.5) is 17.5 Å². The number of nitrogens with zero attached hydrogens (tertiary/aromatic N) is 2. The molecule has 26 heavy (non-hydrogen) atoms. The fraction of sp³-hybridized carbons (Fsp3) is 0.158. The first kappa shape index (κ1) is 18.3. The molecule has 0 spiro atoms. The maximum atomic E-state index is 6.20. The van der Waals surface area contributed by atoms with Crippen molar-refractivity contribution in [2.45, 2.75) is 13.5 Å². The van der Waals surface area contributed by atoms with Crippen LogP contribution in [-0.2, 0) is 6.54 Å². The average Bonchev–Trinajstić information content (AvgIpc) is 2.63. The van der Waals surface area contributed by atoms with Crippen LogP contribution in [0.1, 0.15) is 11.3 Å².